The van der Waals surface area contributed by atoms with Crippen molar-refractivity contribution in [2.45, 2.75) is 64.8 Å². The molecule has 4 rings (SSSR count). The summed E-state index contributed by atoms with van der Waals surface area (Å²) in [5.41, 5.74) is 12.9. The van der Waals surface area contributed by atoms with Crippen LogP contribution in [0.15, 0.2) is 42.5 Å². The second-order valence-corrected chi connectivity index (χ2v) is 8.66. The highest BCUT2D eigenvalue weighted by molar-refractivity contribution is 5.77. The van der Waals surface area contributed by atoms with E-state index in [1.54, 1.807) is 0 Å². The maximum Gasteiger partial charge on any atom is 0.127 e. The van der Waals surface area contributed by atoms with Crippen molar-refractivity contribution in [3.8, 4) is 0 Å². The Bertz CT molecular complexity index is 959. The molecule has 3 heterocycles. The summed E-state index contributed by atoms with van der Waals surface area (Å²) < 4.78 is 0. The first-order valence-electron chi connectivity index (χ1n) is 11.6. The van der Waals surface area contributed by atoms with Crippen molar-refractivity contribution in [3.05, 3.63) is 64.8 Å². The van der Waals surface area contributed by atoms with Crippen LogP contribution in [0.25, 0.3) is 11.0 Å². The molecule has 4 nitrogen and oxygen atoms in total. The van der Waals surface area contributed by atoms with E-state index >= 15 is 0 Å². The summed E-state index contributed by atoms with van der Waals surface area (Å²) >= 11 is 0. The van der Waals surface area contributed by atoms with Crippen LogP contribution in [0.2, 0.25) is 0 Å². The van der Waals surface area contributed by atoms with Gasteiger partial charge in [0.15, 0.2) is 0 Å². The monoisotopic (exact) mass is 402 g/mol. The topological polar surface area (TPSA) is 55.0 Å². The minimum absolute atomic E-state index is 0.650. The lowest BCUT2D eigenvalue weighted by Gasteiger charge is -2.26. The van der Waals surface area contributed by atoms with E-state index in [1.165, 1.54) is 56.3 Å². The van der Waals surface area contributed by atoms with Gasteiger partial charge in [0, 0.05) is 18.7 Å². The van der Waals surface area contributed by atoms with Gasteiger partial charge in [0.2, 0.25) is 0 Å². The highest BCUT2D eigenvalue weighted by Gasteiger charge is 2.11. The molecule has 3 aromatic rings. The Morgan fingerprint density at radius 1 is 0.867 bits per heavy atom. The van der Waals surface area contributed by atoms with Gasteiger partial charge in [0.1, 0.15) is 5.82 Å². The number of aromatic nitrogens is 2. The average Bonchev–Trinajstić information content (AvgIpc) is 2.77. The first-order chi connectivity index (χ1) is 14.7. The summed E-state index contributed by atoms with van der Waals surface area (Å²) in [6, 6.07) is 15.3. The van der Waals surface area contributed by atoms with E-state index in [9.17, 15) is 0 Å². The summed E-state index contributed by atoms with van der Waals surface area (Å²) in [5.74, 6) is 0.650. The van der Waals surface area contributed by atoms with E-state index in [4.69, 9.17) is 10.7 Å². The highest BCUT2D eigenvalue weighted by Crippen LogP contribution is 2.21. The summed E-state index contributed by atoms with van der Waals surface area (Å²) in [7, 11) is 0. The van der Waals surface area contributed by atoms with Crippen molar-refractivity contribution in [1.29, 1.82) is 0 Å². The van der Waals surface area contributed by atoms with Gasteiger partial charge in [-0.05, 0) is 73.7 Å². The van der Waals surface area contributed by atoms with Crippen molar-refractivity contribution in [3.63, 3.8) is 0 Å². The van der Waals surface area contributed by atoms with Gasteiger partial charge in [-0.2, -0.15) is 0 Å². The fraction of sp³-hybridized carbons (Fsp3) is 0.462. The van der Waals surface area contributed by atoms with Crippen LogP contribution in [0.4, 0.5) is 5.82 Å². The number of nitrogens with two attached hydrogens (primary N) is 1. The zero-order chi connectivity index (χ0) is 20.8. The van der Waals surface area contributed by atoms with E-state index in [2.05, 4.69) is 59.3 Å². The third-order valence-corrected chi connectivity index (χ3v) is 6.15. The number of hydrogen-bond donors (Lipinski definition) is 1. The van der Waals surface area contributed by atoms with Crippen LogP contribution in [0.5, 0.6) is 0 Å². The number of fused-ring (bicyclic) bond motifs is 1. The number of rotatable bonds is 8. The van der Waals surface area contributed by atoms with E-state index in [0.717, 1.165) is 48.1 Å². The first-order valence-corrected chi connectivity index (χ1v) is 11.6. The lowest BCUT2D eigenvalue weighted by atomic mass is 10.0. The number of benzene rings is 1. The summed E-state index contributed by atoms with van der Waals surface area (Å²) in [6.45, 7) is 5.77. The quantitative estimate of drug-likeness (QED) is 0.504. The molecule has 30 heavy (non-hydrogen) atoms. The fourth-order valence-electron chi connectivity index (χ4n) is 4.36. The lowest BCUT2D eigenvalue weighted by molar-refractivity contribution is 0.221. The SMILES string of the molecule is CCCCCc1cc2nc(Cc3ccc(CN4CCCCC4)cc3)ccc2nc1N. The molecule has 1 aliphatic rings. The molecule has 4 heteroatoms. The molecule has 0 bridgehead atoms. The largest absolute Gasteiger partial charge is 0.383 e. The fourth-order valence-corrected chi connectivity index (χ4v) is 4.36. The van der Waals surface area contributed by atoms with Crippen LogP contribution in [-0.2, 0) is 19.4 Å². The molecule has 1 aliphatic heterocycles. The number of hydrogen-bond acceptors (Lipinski definition) is 4. The predicted molar refractivity (Wildman–Crippen MR) is 126 cm³/mol. The second kappa shape index (κ2) is 10.0. The molecule has 2 N–H and O–H groups in total. The number of anilines is 1. The Balaban J connectivity index is 1.44. The summed E-state index contributed by atoms with van der Waals surface area (Å²) in [4.78, 5) is 12.0. The second-order valence-electron chi connectivity index (χ2n) is 8.66. The molecule has 0 aliphatic carbocycles. The molecular formula is C26H34N4. The van der Waals surface area contributed by atoms with Crippen LogP contribution >= 0.6 is 0 Å². The lowest BCUT2D eigenvalue weighted by Crippen LogP contribution is -2.29. The van der Waals surface area contributed by atoms with Gasteiger partial charge in [-0.25, -0.2) is 4.98 Å². The molecule has 1 saturated heterocycles. The molecule has 1 fully saturated rings. The van der Waals surface area contributed by atoms with Crippen molar-refractivity contribution in [2.24, 2.45) is 0 Å². The van der Waals surface area contributed by atoms with Crippen LogP contribution in [0, 0.1) is 0 Å². The van der Waals surface area contributed by atoms with E-state index in [-0.39, 0.29) is 0 Å². The van der Waals surface area contributed by atoms with Gasteiger partial charge in [-0.15, -0.1) is 0 Å². The number of aryl methyl sites for hydroxylation is 1. The molecule has 0 atom stereocenters. The number of pyridine rings is 2. The third kappa shape index (κ3) is 5.37. The van der Waals surface area contributed by atoms with Gasteiger partial charge in [0.05, 0.1) is 11.0 Å². The minimum atomic E-state index is 0.650. The van der Waals surface area contributed by atoms with Crippen molar-refractivity contribution in [2.75, 3.05) is 18.8 Å². The first kappa shape index (κ1) is 20.8. The van der Waals surface area contributed by atoms with Gasteiger partial charge < -0.3 is 5.73 Å². The molecule has 0 saturated carbocycles. The minimum Gasteiger partial charge on any atom is -0.383 e. The van der Waals surface area contributed by atoms with Gasteiger partial charge in [-0.3, -0.25) is 9.88 Å². The molecular weight excluding hydrogens is 368 g/mol. The predicted octanol–water partition coefficient (Wildman–Crippen LogP) is 5.52. The third-order valence-electron chi connectivity index (χ3n) is 6.15. The number of piperidine rings is 1. The Labute approximate surface area is 180 Å². The number of nitrogen functional groups attached to an aromatic ring is 1. The highest BCUT2D eigenvalue weighted by atomic mass is 15.1. The molecule has 2 aromatic heterocycles. The Morgan fingerprint density at radius 3 is 2.40 bits per heavy atom. The van der Waals surface area contributed by atoms with Crippen LogP contribution in [0.3, 0.4) is 0 Å². The molecule has 158 valence electrons. The molecule has 0 unspecified atom stereocenters. The molecule has 1 aromatic carbocycles. The smallest absolute Gasteiger partial charge is 0.127 e. The van der Waals surface area contributed by atoms with Gasteiger partial charge in [0.25, 0.3) is 0 Å². The zero-order valence-corrected chi connectivity index (χ0v) is 18.2. The summed E-state index contributed by atoms with van der Waals surface area (Å²) in [5, 5.41) is 0. The van der Waals surface area contributed by atoms with Gasteiger partial charge in [-0.1, -0.05) is 50.5 Å². The zero-order valence-electron chi connectivity index (χ0n) is 18.2. The summed E-state index contributed by atoms with van der Waals surface area (Å²) in [6.07, 6.45) is 9.47. The average molecular weight is 403 g/mol. The molecule has 0 spiro atoms. The van der Waals surface area contributed by atoms with Crippen molar-refractivity contribution >= 4 is 16.9 Å². The van der Waals surface area contributed by atoms with Crippen molar-refractivity contribution < 1.29 is 0 Å². The van der Waals surface area contributed by atoms with E-state index in [1.807, 2.05) is 0 Å². The van der Waals surface area contributed by atoms with Gasteiger partial charge >= 0.3 is 0 Å². The molecule has 0 amide bonds. The van der Waals surface area contributed by atoms with Crippen LogP contribution < -0.4 is 5.73 Å². The van der Waals surface area contributed by atoms with E-state index in [0.29, 0.717) is 5.82 Å². The van der Waals surface area contributed by atoms with E-state index < -0.39 is 0 Å². The van der Waals surface area contributed by atoms with Crippen molar-refractivity contribution in [1.82, 2.24) is 14.9 Å². The number of unbranched alkanes of at least 4 members (excludes halogenated alkanes) is 2. The maximum absolute atomic E-state index is 6.17. The Hall–Kier alpha value is -2.46. The normalized spacial score (nSPS) is 15.0. The number of nitrogens with zero attached hydrogens (tertiary/aromatic N) is 3. The Morgan fingerprint density at radius 2 is 1.63 bits per heavy atom. The maximum atomic E-state index is 6.17. The van der Waals surface area contributed by atoms with Crippen LogP contribution in [0.1, 0.15) is 67.8 Å². The standard InChI is InChI=1S/C26H34N4/c1-2-3-5-8-22-18-25-24(29-26(22)27)14-13-23(28-25)17-20-9-11-21(12-10-20)19-30-15-6-4-7-16-30/h9-14,18H,2-8,15-17,19H2,1H3,(H2,27,29). The number of likely N-dealkylation sites (tertiary alicyclic amines) is 1. The van der Waals surface area contributed by atoms with Crippen LogP contribution in [-0.4, -0.2) is 28.0 Å². The molecule has 0 radical (unpaired) electrons. The Kier molecular flexibility index (Phi) is 6.96.